The molecule has 1 rings (SSSR count). The van der Waals surface area contributed by atoms with Gasteiger partial charge in [-0.05, 0) is 37.0 Å². The van der Waals surface area contributed by atoms with Crippen LogP contribution in [0, 0.1) is 0 Å². The zero-order valence-electron chi connectivity index (χ0n) is 9.89. The predicted molar refractivity (Wildman–Crippen MR) is 66.6 cm³/mol. The molecule has 0 aliphatic rings. The van der Waals surface area contributed by atoms with Gasteiger partial charge in [-0.25, -0.2) is 0 Å². The summed E-state index contributed by atoms with van der Waals surface area (Å²) in [5.74, 6) is 0. The summed E-state index contributed by atoms with van der Waals surface area (Å²) in [6, 6.07) is 7.94. The number of rotatable bonds is 7. The molecular weight excluding hydrogens is 202 g/mol. The molecule has 0 fully saturated rings. The number of aliphatic hydroxyl groups is 2. The molecule has 0 atom stereocenters. The van der Waals surface area contributed by atoms with Crippen LogP contribution in [0.3, 0.4) is 0 Å². The lowest BCUT2D eigenvalue weighted by Crippen LogP contribution is -2.18. The van der Waals surface area contributed by atoms with Gasteiger partial charge < -0.3 is 15.1 Å². The minimum Gasteiger partial charge on any atom is -0.396 e. The Morgan fingerprint density at radius 1 is 1.00 bits per heavy atom. The Kier molecular flexibility index (Phi) is 5.90. The van der Waals surface area contributed by atoms with Crippen molar-refractivity contribution in [2.75, 3.05) is 25.1 Å². The summed E-state index contributed by atoms with van der Waals surface area (Å²) < 4.78 is 0. The van der Waals surface area contributed by atoms with Crippen molar-refractivity contribution in [2.45, 2.75) is 25.9 Å². The maximum absolute atomic E-state index is 8.93. The third kappa shape index (κ3) is 4.21. The fraction of sp³-hybridized carbons (Fsp3) is 0.538. The van der Waals surface area contributed by atoms with E-state index in [-0.39, 0.29) is 13.2 Å². The Labute approximate surface area is 97.3 Å². The van der Waals surface area contributed by atoms with Crippen molar-refractivity contribution < 1.29 is 10.2 Å². The van der Waals surface area contributed by atoms with Crippen molar-refractivity contribution in [3.05, 3.63) is 29.8 Å². The number of benzene rings is 1. The zero-order valence-corrected chi connectivity index (χ0v) is 9.89. The maximum atomic E-state index is 8.93. The van der Waals surface area contributed by atoms with E-state index in [0.29, 0.717) is 0 Å². The Hall–Kier alpha value is -1.06. The first-order valence-corrected chi connectivity index (χ1v) is 5.79. The summed E-state index contributed by atoms with van der Waals surface area (Å²) in [5.41, 5.74) is 2.11. The molecule has 0 aliphatic carbocycles. The smallest absolute Gasteiger partial charge is 0.0681 e. The Balaban J connectivity index is 2.37. The highest BCUT2D eigenvalue weighted by Crippen LogP contribution is 2.14. The van der Waals surface area contributed by atoms with Gasteiger partial charge in [-0.15, -0.1) is 0 Å². The molecular formula is C13H21NO2. The Morgan fingerprint density at radius 3 is 2.25 bits per heavy atom. The first kappa shape index (κ1) is 13.0. The van der Waals surface area contributed by atoms with E-state index in [2.05, 4.69) is 11.9 Å². The molecule has 1 aromatic rings. The van der Waals surface area contributed by atoms with Gasteiger partial charge in [-0.3, -0.25) is 0 Å². The summed E-state index contributed by atoms with van der Waals surface area (Å²) in [5, 5.41) is 17.6. The van der Waals surface area contributed by atoms with Gasteiger partial charge in [-0.2, -0.15) is 0 Å². The van der Waals surface area contributed by atoms with E-state index < -0.39 is 0 Å². The Bertz CT molecular complexity index is 284. The first-order chi connectivity index (χ1) is 7.77. The van der Waals surface area contributed by atoms with Crippen LogP contribution in [-0.4, -0.2) is 30.4 Å². The molecule has 16 heavy (non-hydrogen) atoms. The quantitative estimate of drug-likeness (QED) is 0.692. The fourth-order valence-corrected chi connectivity index (χ4v) is 1.62. The molecule has 3 nitrogen and oxygen atoms in total. The third-order valence-corrected chi connectivity index (χ3v) is 2.71. The number of anilines is 1. The summed E-state index contributed by atoms with van der Waals surface area (Å²) in [6.45, 7) is 1.38. The van der Waals surface area contributed by atoms with Crippen molar-refractivity contribution >= 4 is 5.69 Å². The average molecular weight is 223 g/mol. The minimum absolute atomic E-state index is 0.0977. The van der Waals surface area contributed by atoms with Gasteiger partial charge in [0.15, 0.2) is 0 Å². The zero-order chi connectivity index (χ0) is 11.8. The van der Waals surface area contributed by atoms with Crippen LogP contribution < -0.4 is 4.90 Å². The molecule has 0 aromatic heterocycles. The summed E-state index contributed by atoms with van der Waals surface area (Å²) in [7, 11) is 2.06. The van der Waals surface area contributed by atoms with Crippen LogP contribution in [0.2, 0.25) is 0 Å². The molecule has 0 spiro atoms. The van der Waals surface area contributed by atoms with Gasteiger partial charge in [-0.1, -0.05) is 12.1 Å². The molecule has 2 N–H and O–H groups in total. The second kappa shape index (κ2) is 7.25. The topological polar surface area (TPSA) is 43.7 Å². The molecule has 0 saturated carbocycles. The largest absolute Gasteiger partial charge is 0.396 e. The monoisotopic (exact) mass is 223 g/mol. The summed E-state index contributed by atoms with van der Waals surface area (Å²) in [4.78, 5) is 2.19. The average Bonchev–Trinajstić information content (AvgIpc) is 2.34. The Morgan fingerprint density at radius 2 is 1.69 bits per heavy atom. The highest BCUT2D eigenvalue weighted by Gasteiger charge is 2.00. The molecule has 0 amide bonds. The first-order valence-electron chi connectivity index (χ1n) is 5.79. The molecule has 1 aromatic carbocycles. The molecule has 90 valence electrons. The van der Waals surface area contributed by atoms with E-state index in [9.17, 15) is 0 Å². The molecule has 0 bridgehead atoms. The summed E-state index contributed by atoms with van der Waals surface area (Å²) in [6.07, 6.45) is 3.05. The summed E-state index contributed by atoms with van der Waals surface area (Å²) >= 11 is 0. The van der Waals surface area contributed by atoms with Crippen LogP contribution in [-0.2, 0) is 6.61 Å². The van der Waals surface area contributed by atoms with Crippen LogP contribution in [0.1, 0.15) is 24.8 Å². The van der Waals surface area contributed by atoms with Gasteiger partial charge in [0.05, 0.1) is 6.61 Å². The van der Waals surface area contributed by atoms with Gasteiger partial charge in [0.25, 0.3) is 0 Å². The van der Waals surface area contributed by atoms with E-state index in [1.165, 1.54) is 5.69 Å². The number of hydrogen-bond acceptors (Lipinski definition) is 3. The number of hydrogen-bond donors (Lipinski definition) is 2. The van der Waals surface area contributed by atoms with Crippen LogP contribution >= 0.6 is 0 Å². The van der Waals surface area contributed by atoms with Crippen LogP contribution in [0.25, 0.3) is 0 Å². The van der Waals surface area contributed by atoms with Crippen LogP contribution in [0.15, 0.2) is 24.3 Å². The number of unbranched alkanes of at least 4 members (excludes halogenated alkanes) is 2. The minimum atomic E-state index is 0.0977. The molecule has 0 saturated heterocycles. The lowest BCUT2D eigenvalue weighted by Gasteiger charge is -2.19. The van der Waals surface area contributed by atoms with Crippen molar-refractivity contribution in [1.82, 2.24) is 0 Å². The molecule has 0 radical (unpaired) electrons. The van der Waals surface area contributed by atoms with Crippen molar-refractivity contribution in [3.63, 3.8) is 0 Å². The SMILES string of the molecule is CN(CCCCCO)c1ccc(CO)cc1. The highest BCUT2D eigenvalue weighted by atomic mass is 16.3. The number of nitrogens with zero attached hydrogens (tertiary/aromatic N) is 1. The lowest BCUT2D eigenvalue weighted by atomic mass is 10.2. The lowest BCUT2D eigenvalue weighted by molar-refractivity contribution is 0.282. The number of aliphatic hydroxyl groups excluding tert-OH is 2. The van der Waals surface area contributed by atoms with Gasteiger partial charge in [0.2, 0.25) is 0 Å². The maximum Gasteiger partial charge on any atom is 0.0681 e. The van der Waals surface area contributed by atoms with E-state index in [4.69, 9.17) is 10.2 Å². The van der Waals surface area contributed by atoms with E-state index >= 15 is 0 Å². The van der Waals surface area contributed by atoms with Gasteiger partial charge >= 0.3 is 0 Å². The molecule has 0 heterocycles. The molecule has 0 unspecified atom stereocenters. The van der Waals surface area contributed by atoms with E-state index in [0.717, 1.165) is 31.4 Å². The molecule has 3 heteroatoms. The van der Waals surface area contributed by atoms with Crippen molar-refractivity contribution in [1.29, 1.82) is 0 Å². The molecule has 0 aliphatic heterocycles. The van der Waals surface area contributed by atoms with Crippen molar-refractivity contribution in [2.24, 2.45) is 0 Å². The predicted octanol–water partition coefficient (Wildman–Crippen LogP) is 1.78. The van der Waals surface area contributed by atoms with Crippen molar-refractivity contribution in [3.8, 4) is 0 Å². The third-order valence-electron chi connectivity index (χ3n) is 2.71. The van der Waals surface area contributed by atoms with E-state index in [1.54, 1.807) is 0 Å². The van der Waals surface area contributed by atoms with E-state index in [1.807, 2.05) is 24.3 Å². The van der Waals surface area contributed by atoms with Crippen LogP contribution in [0.4, 0.5) is 5.69 Å². The van der Waals surface area contributed by atoms with Gasteiger partial charge in [0.1, 0.15) is 0 Å². The second-order valence-electron chi connectivity index (χ2n) is 4.03. The van der Waals surface area contributed by atoms with Gasteiger partial charge in [0, 0.05) is 25.9 Å². The normalized spacial score (nSPS) is 10.4. The second-order valence-corrected chi connectivity index (χ2v) is 4.03. The highest BCUT2D eigenvalue weighted by molar-refractivity contribution is 5.46. The fourth-order valence-electron chi connectivity index (χ4n) is 1.62. The van der Waals surface area contributed by atoms with Crippen LogP contribution in [0.5, 0.6) is 0 Å². The standard InChI is InChI=1S/C13H21NO2/c1-14(9-3-2-4-10-15)13-7-5-12(11-16)6-8-13/h5-8,15-16H,2-4,9-11H2,1H3.